The van der Waals surface area contributed by atoms with Gasteiger partial charge in [-0.25, -0.2) is 0 Å². The van der Waals surface area contributed by atoms with Gasteiger partial charge >= 0.3 is 0 Å². The van der Waals surface area contributed by atoms with Crippen molar-refractivity contribution in [2.45, 2.75) is 52.0 Å². The summed E-state index contributed by atoms with van der Waals surface area (Å²) >= 11 is 0. The van der Waals surface area contributed by atoms with Gasteiger partial charge < -0.3 is 14.2 Å². The Morgan fingerprint density at radius 3 is 2.76 bits per heavy atom. The Morgan fingerprint density at radius 1 is 1.36 bits per heavy atom. The molecule has 1 saturated heterocycles. The fourth-order valence-corrected chi connectivity index (χ4v) is 3.25. The number of ether oxygens (including phenoxy) is 1. The summed E-state index contributed by atoms with van der Waals surface area (Å²) in [6.07, 6.45) is 2.35. The number of carbonyl (C=O) groups is 1. The van der Waals surface area contributed by atoms with Crippen LogP contribution in [-0.4, -0.2) is 29.1 Å². The number of amides is 1. The lowest BCUT2D eigenvalue weighted by molar-refractivity contribution is -0.131. The summed E-state index contributed by atoms with van der Waals surface area (Å²) in [6.45, 7) is 7.54. The van der Waals surface area contributed by atoms with Gasteiger partial charge in [-0.05, 0) is 37.5 Å². The van der Waals surface area contributed by atoms with Crippen LogP contribution in [-0.2, 0) is 11.2 Å². The molecule has 0 radical (unpaired) electrons. The smallest absolute Gasteiger partial charge is 0.227 e. The van der Waals surface area contributed by atoms with Crippen LogP contribution in [0, 0.1) is 0 Å². The number of benzene rings is 1. The topological polar surface area (TPSA) is 55.6 Å². The summed E-state index contributed by atoms with van der Waals surface area (Å²) in [5.74, 6) is 2.15. The minimum atomic E-state index is 0.0337. The fraction of sp³-hybridized carbons (Fsp3) is 0.500. The molecule has 1 unspecified atom stereocenters. The number of hydrogen-bond donors (Lipinski definition) is 0. The largest absolute Gasteiger partial charge is 0.494 e. The van der Waals surface area contributed by atoms with E-state index >= 15 is 0 Å². The van der Waals surface area contributed by atoms with Crippen molar-refractivity contribution in [3.63, 3.8) is 0 Å². The average Bonchev–Trinajstić information content (AvgIpc) is 3.25. The first kappa shape index (κ1) is 17.5. The highest BCUT2D eigenvalue weighted by Crippen LogP contribution is 2.33. The Bertz CT molecular complexity index is 706. The highest BCUT2D eigenvalue weighted by atomic mass is 16.5. The van der Waals surface area contributed by atoms with Crippen molar-refractivity contribution in [2.75, 3.05) is 13.2 Å². The van der Waals surface area contributed by atoms with Gasteiger partial charge in [-0.3, -0.25) is 4.79 Å². The minimum Gasteiger partial charge on any atom is -0.494 e. The first-order valence-electron chi connectivity index (χ1n) is 9.06. The first-order valence-corrected chi connectivity index (χ1v) is 9.06. The molecule has 0 bridgehead atoms. The quantitative estimate of drug-likeness (QED) is 0.793. The molecule has 5 heteroatoms. The Morgan fingerprint density at radius 2 is 2.12 bits per heavy atom. The molecule has 1 amide bonds. The summed E-state index contributed by atoms with van der Waals surface area (Å²) in [7, 11) is 0. The van der Waals surface area contributed by atoms with Crippen LogP contribution in [0.4, 0.5) is 0 Å². The lowest BCUT2D eigenvalue weighted by atomic mass is 10.1. The van der Waals surface area contributed by atoms with Crippen LogP contribution in [0.15, 0.2) is 34.9 Å². The third-order valence-corrected chi connectivity index (χ3v) is 4.62. The summed E-state index contributed by atoms with van der Waals surface area (Å²) in [5.41, 5.74) is 1.88. The molecule has 1 atom stereocenters. The molecule has 134 valence electrons. The van der Waals surface area contributed by atoms with Gasteiger partial charge in [0.05, 0.1) is 19.1 Å². The van der Waals surface area contributed by atoms with Crippen LogP contribution in [0.3, 0.4) is 0 Å². The number of aromatic nitrogens is 1. The standard InChI is InChI=1S/C20H26N2O3/c1-4-24-16-9-7-15(8-10-16)12-20(23)22-11-5-6-18(22)17-13-19(14(2)3)25-21-17/h7-10,13-14,18H,4-6,11-12H2,1-3H3. The van der Waals surface area contributed by atoms with E-state index in [1.807, 2.05) is 42.2 Å². The van der Waals surface area contributed by atoms with Crippen molar-refractivity contribution >= 4 is 5.91 Å². The third kappa shape index (κ3) is 4.03. The molecule has 1 aliphatic heterocycles. The molecule has 0 N–H and O–H groups in total. The molecule has 2 aromatic rings. The summed E-state index contributed by atoms with van der Waals surface area (Å²) < 4.78 is 10.9. The SMILES string of the molecule is CCOc1ccc(CC(=O)N2CCCC2c2cc(C(C)C)on2)cc1. The minimum absolute atomic E-state index is 0.0337. The molecule has 3 rings (SSSR count). The van der Waals surface area contributed by atoms with Gasteiger partial charge in [0.25, 0.3) is 0 Å². The Balaban J connectivity index is 1.67. The highest BCUT2D eigenvalue weighted by Gasteiger charge is 2.32. The molecule has 1 aliphatic rings. The molecule has 0 saturated carbocycles. The first-order chi connectivity index (χ1) is 12.1. The molecule has 5 nitrogen and oxygen atoms in total. The van der Waals surface area contributed by atoms with E-state index < -0.39 is 0 Å². The highest BCUT2D eigenvalue weighted by molar-refractivity contribution is 5.79. The maximum Gasteiger partial charge on any atom is 0.227 e. The van der Waals surface area contributed by atoms with E-state index in [0.717, 1.165) is 42.2 Å². The predicted octanol–water partition coefficient (Wildman–Crippen LogP) is 4.10. The molecule has 1 aromatic heterocycles. The second-order valence-corrected chi connectivity index (χ2v) is 6.81. The second kappa shape index (κ2) is 7.72. The molecular weight excluding hydrogens is 316 g/mol. The van der Waals surface area contributed by atoms with E-state index in [4.69, 9.17) is 9.26 Å². The van der Waals surface area contributed by atoms with E-state index in [-0.39, 0.29) is 11.9 Å². The molecule has 1 fully saturated rings. The Hall–Kier alpha value is -2.30. The number of carbonyl (C=O) groups excluding carboxylic acids is 1. The Kier molecular flexibility index (Phi) is 5.41. The zero-order chi connectivity index (χ0) is 17.8. The van der Waals surface area contributed by atoms with Crippen LogP contribution >= 0.6 is 0 Å². The Labute approximate surface area is 148 Å². The molecule has 1 aromatic carbocycles. The van der Waals surface area contributed by atoms with E-state index in [2.05, 4.69) is 19.0 Å². The lowest BCUT2D eigenvalue weighted by Crippen LogP contribution is -2.32. The average molecular weight is 342 g/mol. The van der Waals surface area contributed by atoms with Crippen LogP contribution in [0.5, 0.6) is 5.75 Å². The van der Waals surface area contributed by atoms with Crippen molar-refractivity contribution in [2.24, 2.45) is 0 Å². The summed E-state index contributed by atoms with van der Waals surface area (Å²) in [6, 6.07) is 9.78. The fourth-order valence-electron chi connectivity index (χ4n) is 3.25. The number of likely N-dealkylation sites (tertiary alicyclic amines) is 1. The third-order valence-electron chi connectivity index (χ3n) is 4.62. The van der Waals surface area contributed by atoms with Gasteiger partial charge in [0.15, 0.2) is 0 Å². The van der Waals surface area contributed by atoms with Crippen LogP contribution in [0.2, 0.25) is 0 Å². The molecule has 2 heterocycles. The maximum atomic E-state index is 12.8. The zero-order valence-electron chi connectivity index (χ0n) is 15.2. The van der Waals surface area contributed by atoms with Gasteiger partial charge in [0.2, 0.25) is 5.91 Å². The van der Waals surface area contributed by atoms with Crippen molar-refractivity contribution in [3.05, 3.63) is 47.3 Å². The van der Waals surface area contributed by atoms with Crippen LogP contribution in [0.1, 0.15) is 62.6 Å². The van der Waals surface area contributed by atoms with Crippen LogP contribution < -0.4 is 4.74 Å². The van der Waals surface area contributed by atoms with Gasteiger partial charge in [-0.1, -0.05) is 31.1 Å². The molecule has 25 heavy (non-hydrogen) atoms. The van der Waals surface area contributed by atoms with Crippen molar-refractivity contribution < 1.29 is 14.1 Å². The van der Waals surface area contributed by atoms with E-state index in [0.29, 0.717) is 18.9 Å². The maximum absolute atomic E-state index is 12.8. The van der Waals surface area contributed by atoms with E-state index in [9.17, 15) is 4.79 Å². The van der Waals surface area contributed by atoms with Crippen molar-refractivity contribution in [3.8, 4) is 5.75 Å². The molecular formula is C20H26N2O3. The normalized spacial score (nSPS) is 17.3. The summed E-state index contributed by atoms with van der Waals surface area (Å²) in [5, 5.41) is 4.21. The monoisotopic (exact) mass is 342 g/mol. The van der Waals surface area contributed by atoms with Gasteiger partial charge in [0, 0.05) is 18.5 Å². The molecule has 0 aliphatic carbocycles. The predicted molar refractivity (Wildman–Crippen MR) is 95.6 cm³/mol. The summed E-state index contributed by atoms with van der Waals surface area (Å²) in [4.78, 5) is 14.7. The lowest BCUT2D eigenvalue weighted by Gasteiger charge is -2.23. The van der Waals surface area contributed by atoms with Gasteiger partial charge in [-0.2, -0.15) is 0 Å². The van der Waals surface area contributed by atoms with E-state index in [1.54, 1.807) is 0 Å². The number of nitrogens with zero attached hydrogens (tertiary/aromatic N) is 2. The number of hydrogen-bond acceptors (Lipinski definition) is 4. The molecule has 0 spiro atoms. The van der Waals surface area contributed by atoms with E-state index in [1.165, 1.54) is 0 Å². The van der Waals surface area contributed by atoms with Crippen molar-refractivity contribution in [1.29, 1.82) is 0 Å². The van der Waals surface area contributed by atoms with Gasteiger partial charge in [-0.15, -0.1) is 0 Å². The van der Waals surface area contributed by atoms with Crippen LogP contribution in [0.25, 0.3) is 0 Å². The number of rotatable bonds is 6. The van der Waals surface area contributed by atoms with Gasteiger partial charge in [0.1, 0.15) is 17.2 Å². The zero-order valence-corrected chi connectivity index (χ0v) is 15.2. The van der Waals surface area contributed by atoms with Crippen molar-refractivity contribution in [1.82, 2.24) is 10.1 Å². The second-order valence-electron chi connectivity index (χ2n) is 6.81.